The third-order valence-electron chi connectivity index (χ3n) is 3.51. The van der Waals surface area contributed by atoms with Crippen molar-refractivity contribution in [2.45, 2.75) is 13.0 Å². The lowest BCUT2D eigenvalue weighted by molar-refractivity contribution is 0.0735. The summed E-state index contributed by atoms with van der Waals surface area (Å²) >= 11 is 1.58. The zero-order valence-corrected chi connectivity index (χ0v) is 11.4. The molecule has 1 aromatic rings. The number of amides is 1. The molecule has 1 N–H and O–H groups in total. The minimum Gasteiger partial charge on any atom is -0.334 e. The molecule has 0 unspecified atom stereocenters. The highest BCUT2D eigenvalue weighted by molar-refractivity contribution is 7.13. The largest absolute Gasteiger partial charge is 0.334 e. The predicted molar refractivity (Wildman–Crippen MR) is 70.9 cm³/mol. The number of fused-ring (bicyclic) bond motifs is 1. The molecule has 0 radical (unpaired) electrons. The summed E-state index contributed by atoms with van der Waals surface area (Å²) in [5.41, 5.74) is 1.14. The highest BCUT2D eigenvalue weighted by atomic mass is 32.1. The fourth-order valence-electron chi connectivity index (χ4n) is 2.42. The maximum atomic E-state index is 12.3. The van der Waals surface area contributed by atoms with Gasteiger partial charge in [0.1, 0.15) is 0 Å². The molecule has 0 spiro atoms. The number of nitrogens with zero attached hydrogens (tertiary/aromatic N) is 3. The summed E-state index contributed by atoms with van der Waals surface area (Å²) in [6, 6.07) is 0. The number of rotatable bonds is 1. The molecule has 3 heterocycles. The van der Waals surface area contributed by atoms with Crippen molar-refractivity contribution in [3.63, 3.8) is 0 Å². The molecule has 98 valence electrons. The van der Waals surface area contributed by atoms with Crippen LogP contribution in [0.5, 0.6) is 0 Å². The lowest BCUT2D eigenvalue weighted by Crippen LogP contribution is -2.46. The van der Waals surface area contributed by atoms with E-state index in [4.69, 9.17) is 0 Å². The van der Waals surface area contributed by atoms with Gasteiger partial charge in [-0.3, -0.25) is 4.79 Å². The van der Waals surface area contributed by atoms with Crippen LogP contribution in [0.4, 0.5) is 0 Å². The monoisotopic (exact) mass is 266 g/mol. The van der Waals surface area contributed by atoms with Crippen molar-refractivity contribution in [2.75, 3.05) is 39.8 Å². The average molecular weight is 266 g/mol. The Morgan fingerprint density at radius 3 is 2.89 bits per heavy atom. The van der Waals surface area contributed by atoms with E-state index in [1.165, 1.54) is 4.88 Å². The number of hydrogen-bond donors (Lipinski definition) is 1. The molecule has 6 heteroatoms. The van der Waals surface area contributed by atoms with Gasteiger partial charge in [0.25, 0.3) is 5.91 Å². The number of nitrogens with one attached hydrogen (secondary N) is 1. The molecule has 3 rings (SSSR count). The lowest BCUT2D eigenvalue weighted by Gasteiger charge is -2.26. The first-order valence-corrected chi connectivity index (χ1v) is 7.23. The fraction of sp³-hybridized carbons (Fsp3) is 0.667. The van der Waals surface area contributed by atoms with Crippen molar-refractivity contribution in [2.24, 2.45) is 0 Å². The molecule has 1 saturated heterocycles. The molecule has 0 saturated carbocycles. The van der Waals surface area contributed by atoms with E-state index in [0.717, 1.165) is 51.4 Å². The lowest BCUT2D eigenvalue weighted by atomic mass is 10.2. The van der Waals surface area contributed by atoms with Crippen LogP contribution < -0.4 is 5.32 Å². The molecular formula is C12H18N4OS. The van der Waals surface area contributed by atoms with E-state index >= 15 is 0 Å². The Kier molecular flexibility index (Phi) is 3.32. The first-order valence-electron chi connectivity index (χ1n) is 6.41. The smallest absolute Gasteiger partial charge is 0.282 e. The number of thiazole rings is 1. The van der Waals surface area contributed by atoms with Gasteiger partial charge in [0.05, 0.1) is 5.69 Å². The second-order valence-electron chi connectivity index (χ2n) is 4.92. The number of aromatic nitrogens is 1. The standard InChI is InChI=1S/C12H18N4OS/c1-15-5-2-9-10(8-15)18-11(14-9)12(17)16-6-3-13-4-7-16/h13H,2-8H2,1H3. The third-order valence-corrected chi connectivity index (χ3v) is 4.58. The molecule has 18 heavy (non-hydrogen) atoms. The summed E-state index contributed by atoms with van der Waals surface area (Å²) in [7, 11) is 2.11. The Balaban J connectivity index is 1.78. The quantitative estimate of drug-likeness (QED) is 0.787. The van der Waals surface area contributed by atoms with Gasteiger partial charge >= 0.3 is 0 Å². The molecule has 0 atom stereocenters. The number of carbonyl (C=O) groups is 1. The minimum atomic E-state index is 0.110. The summed E-state index contributed by atoms with van der Waals surface area (Å²) in [4.78, 5) is 22.3. The van der Waals surface area contributed by atoms with Gasteiger partial charge < -0.3 is 15.1 Å². The molecule has 1 fully saturated rings. The Labute approximate surface area is 111 Å². The van der Waals surface area contributed by atoms with E-state index in [-0.39, 0.29) is 5.91 Å². The molecule has 0 aromatic carbocycles. The van der Waals surface area contributed by atoms with Crippen molar-refractivity contribution >= 4 is 17.2 Å². The zero-order chi connectivity index (χ0) is 12.5. The van der Waals surface area contributed by atoms with Gasteiger partial charge in [-0.05, 0) is 7.05 Å². The fourth-order valence-corrected chi connectivity index (χ4v) is 3.57. The first kappa shape index (κ1) is 12.1. The van der Waals surface area contributed by atoms with Crippen LogP contribution in [0.15, 0.2) is 0 Å². The third kappa shape index (κ3) is 2.28. The molecule has 2 aliphatic heterocycles. The molecule has 0 aliphatic carbocycles. The van der Waals surface area contributed by atoms with Gasteiger partial charge in [0.15, 0.2) is 5.01 Å². The Morgan fingerprint density at radius 1 is 1.33 bits per heavy atom. The first-order chi connectivity index (χ1) is 8.74. The normalized spacial score (nSPS) is 20.8. The number of piperazine rings is 1. The van der Waals surface area contributed by atoms with Crippen LogP contribution in [0.25, 0.3) is 0 Å². The Bertz CT molecular complexity index is 453. The maximum absolute atomic E-state index is 12.3. The second-order valence-corrected chi connectivity index (χ2v) is 6.00. The predicted octanol–water partition coefficient (Wildman–Crippen LogP) is 0.176. The number of hydrogen-bond acceptors (Lipinski definition) is 5. The molecule has 5 nitrogen and oxygen atoms in total. The van der Waals surface area contributed by atoms with E-state index in [2.05, 4.69) is 22.2 Å². The van der Waals surface area contributed by atoms with Crippen LogP contribution in [0, 0.1) is 0 Å². The van der Waals surface area contributed by atoms with Crippen LogP contribution in [0.3, 0.4) is 0 Å². The van der Waals surface area contributed by atoms with E-state index in [0.29, 0.717) is 5.01 Å². The van der Waals surface area contributed by atoms with E-state index in [9.17, 15) is 4.79 Å². The van der Waals surface area contributed by atoms with E-state index in [1.54, 1.807) is 11.3 Å². The average Bonchev–Trinajstić information content (AvgIpc) is 2.81. The summed E-state index contributed by atoms with van der Waals surface area (Å²) < 4.78 is 0. The molecule has 1 amide bonds. The maximum Gasteiger partial charge on any atom is 0.282 e. The minimum absolute atomic E-state index is 0.110. The molecular weight excluding hydrogens is 248 g/mol. The van der Waals surface area contributed by atoms with Gasteiger partial charge in [0.2, 0.25) is 0 Å². The zero-order valence-electron chi connectivity index (χ0n) is 10.6. The van der Waals surface area contributed by atoms with Crippen molar-refractivity contribution in [3.8, 4) is 0 Å². The molecule has 0 bridgehead atoms. The topological polar surface area (TPSA) is 48.5 Å². The van der Waals surface area contributed by atoms with Gasteiger partial charge in [-0.15, -0.1) is 11.3 Å². The number of likely N-dealkylation sites (N-methyl/N-ethyl adjacent to an activating group) is 1. The van der Waals surface area contributed by atoms with Gasteiger partial charge in [-0.25, -0.2) is 4.98 Å². The van der Waals surface area contributed by atoms with Crippen LogP contribution >= 0.6 is 11.3 Å². The highest BCUT2D eigenvalue weighted by Gasteiger charge is 2.25. The number of carbonyl (C=O) groups excluding carboxylic acids is 1. The second kappa shape index (κ2) is 4.95. The Morgan fingerprint density at radius 2 is 2.11 bits per heavy atom. The van der Waals surface area contributed by atoms with E-state index in [1.807, 2.05) is 4.90 Å². The van der Waals surface area contributed by atoms with Crippen molar-refractivity contribution in [3.05, 3.63) is 15.6 Å². The van der Waals surface area contributed by atoms with Gasteiger partial charge in [0, 0.05) is 50.6 Å². The van der Waals surface area contributed by atoms with Crippen LogP contribution in [0.1, 0.15) is 20.4 Å². The van der Waals surface area contributed by atoms with Gasteiger partial charge in [-0.1, -0.05) is 0 Å². The SMILES string of the molecule is CN1CCc2nc(C(=O)N3CCNCC3)sc2C1. The van der Waals surface area contributed by atoms with Gasteiger partial charge in [-0.2, -0.15) is 0 Å². The molecule has 2 aliphatic rings. The van der Waals surface area contributed by atoms with Crippen LogP contribution in [-0.4, -0.2) is 60.5 Å². The summed E-state index contributed by atoms with van der Waals surface area (Å²) in [6.07, 6.45) is 0.969. The van der Waals surface area contributed by atoms with Crippen molar-refractivity contribution in [1.82, 2.24) is 20.1 Å². The van der Waals surface area contributed by atoms with Crippen LogP contribution in [0.2, 0.25) is 0 Å². The van der Waals surface area contributed by atoms with E-state index < -0.39 is 0 Å². The Hall–Kier alpha value is -0.980. The highest BCUT2D eigenvalue weighted by Crippen LogP contribution is 2.25. The van der Waals surface area contributed by atoms with Crippen LogP contribution in [-0.2, 0) is 13.0 Å². The molecule has 1 aromatic heterocycles. The summed E-state index contributed by atoms with van der Waals surface area (Å²) in [6.45, 7) is 5.34. The summed E-state index contributed by atoms with van der Waals surface area (Å²) in [5.74, 6) is 0.110. The van der Waals surface area contributed by atoms with Crippen molar-refractivity contribution in [1.29, 1.82) is 0 Å². The van der Waals surface area contributed by atoms with Crippen molar-refractivity contribution < 1.29 is 4.79 Å². The summed E-state index contributed by atoms with van der Waals surface area (Å²) in [5, 5.41) is 3.94.